The fraction of sp³-hybridized carbons (Fsp3) is 0.412. The molecule has 2 heterocycles. The summed E-state index contributed by atoms with van der Waals surface area (Å²) in [6.07, 6.45) is 2.69. The monoisotopic (exact) mass is 332 g/mol. The molecule has 0 aliphatic rings. The van der Waals surface area contributed by atoms with Crippen molar-refractivity contribution < 1.29 is 4.79 Å². The third kappa shape index (κ3) is 5.25. The summed E-state index contributed by atoms with van der Waals surface area (Å²) in [4.78, 5) is 19.3. The molecule has 5 nitrogen and oxygen atoms in total. The van der Waals surface area contributed by atoms with Gasteiger partial charge in [0.25, 0.3) is 0 Å². The molecule has 2 amide bonds. The maximum absolute atomic E-state index is 12.1. The number of carbonyl (C=O) groups excluding carboxylic acids is 1. The number of thiophene rings is 1. The Bertz CT molecular complexity index is 598. The van der Waals surface area contributed by atoms with E-state index in [4.69, 9.17) is 0 Å². The van der Waals surface area contributed by atoms with Gasteiger partial charge in [-0.3, -0.25) is 0 Å². The smallest absolute Gasteiger partial charge is 0.317 e. The summed E-state index contributed by atoms with van der Waals surface area (Å²) in [5, 5.41) is 8.23. The molecule has 23 heavy (non-hydrogen) atoms. The summed E-state index contributed by atoms with van der Waals surface area (Å²) in [5.74, 6) is 0.866. The molecule has 0 saturated heterocycles. The van der Waals surface area contributed by atoms with Crippen LogP contribution in [0.15, 0.2) is 35.8 Å². The molecule has 124 valence electrons. The zero-order valence-corrected chi connectivity index (χ0v) is 14.7. The van der Waals surface area contributed by atoms with Crippen LogP contribution in [0.25, 0.3) is 0 Å². The van der Waals surface area contributed by atoms with E-state index in [0.29, 0.717) is 6.54 Å². The van der Waals surface area contributed by atoms with Crippen LogP contribution in [0, 0.1) is 6.92 Å². The van der Waals surface area contributed by atoms with Crippen molar-refractivity contribution >= 4 is 23.2 Å². The minimum atomic E-state index is -0.0423. The number of rotatable bonds is 7. The molecular weight excluding hydrogens is 308 g/mol. The molecular formula is C17H24N4OS. The second kappa shape index (κ2) is 8.53. The van der Waals surface area contributed by atoms with Gasteiger partial charge in [0.1, 0.15) is 5.82 Å². The Morgan fingerprint density at radius 2 is 2.17 bits per heavy atom. The topological polar surface area (TPSA) is 57.3 Å². The fourth-order valence-electron chi connectivity index (χ4n) is 2.09. The van der Waals surface area contributed by atoms with Crippen molar-refractivity contribution in [3.8, 4) is 0 Å². The Hall–Kier alpha value is -2.08. The Kier molecular flexibility index (Phi) is 6.40. The molecule has 0 bridgehead atoms. The van der Waals surface area contributed by atoms with Crippen LogP contribution in [-0.4, -0.2) is 36.1 Å². The summed E-state index contributed by atoms with van der Waals surface area (Å²) >= 11 is 1.67. The SMILES string of the molecule is Cc1ccc(NCCCNC(=O)N(C)C(C)c2cccs2)nc1. The minimum absolute atomic E-state index is 0.0423. The fourth-order valence-corrected chi connectivity index (χ4v) is 2.92. The van der Waals surface area contributed by atoms with Gasteiger partial charge in [0.05, 0.1) is 6.04 Å². The number of hydrogen-bond donors (Lipinski definition) is 2. The molecule has 0 aliphatic heterocycles. The third-order valence-corrected chi connectivity index (χ3v) is 4.75. The van der Waals surface area contributed by atoms with Gasteiger partial charge in [0, 0.05) is 31.2 Å². The number of aryl methyl sites for hydroxylation is 1. The van der Waals surface area contributed by atoms with Gasteiger partial charge in [-0.2, -0.15) is 0 Å². The van der Waals surface area contributed by atoms with E-state index in [-0.39, 0.29) is 12.1 Å². The molecule has 0 aliphatic carbocycles. The van der Waals surface area contributed by atoms with Crippen molar-refractivity contribution in [3.05, 3.63) is 46.3 Å². The number of aromatic nitrogens is 1. The van der Waals surface area contributed by atoms with E-state index in [1.165, 1.54) is 4.88 Å². The first-order valence-corrected chi connectivity index (χ1v) is 8.66. The van der Waals surface area contributed by atoms with Crippen LogP contribution in [0.3, 0.4) is 0 Å². The normalized spacial score (nSPS) is 11.8. The highest BCUT2D eigenvalue weighted by Gasteiger charge is 2.17. The van der Waals surface area contributed by atoms with Gasteiger partial charge in [0.2, 0.25) is 0 Å². The Morgan fingerprint density at radius 1 is 1.35 bits per heavy atom. The molecule has 0 fully saturated rings. The molecule has 1 unspecified atom stereocenters. The first-order valence-electron chi connectivity index (χ1n) is 7.78. The molecule has 2 N–H and O–H groups in total. The summed E-state index contributed by atoms with van der Waals surface area (Å²) < 4.78 is 0. The molecule has 0 spiro atoms. The van der Waals surface area contributed by atoms with E-state index in [9.17, 15) is 4.79 Å². The second-order valence-electron chi connectivity index (χ2n) is 5.54. The maximum atomic E-state index is 12.1. The maximum Gasteiger partial charge on any atom is 0.317 e. The number of nitrogens with one attached hydrogen (secondary N) is 2. The van der Waals surface area contributed by atoms with E-state index in [1.807, 2.05) is 50.7 Å². The average molecular weight is 332 g/mol. The highest BCUT2D eigenvalue weighted by molar-refractivity contribution is 7.10. The molecule has 2 rings (SSSR count). The quantitative estimate of drug-likeness (QED) is 0.761. The molecule has 0 aromatic carbocycles. The molecule has 1 atom stereocenters. The van der Waals surface area contributed by atoms with Crippen molar-refractivity contribution in [2.75, 3.05) is 25.5 Å². The van der Waals surface area contributed by atoms with Gasteiger partial charge in [-0.25, -0.2) is 9.78 Å². The van der Waals surface area contributed by atoms with Gasteiger partial charge < -0.3 is 15.5 Å². The van der Waals surface area contributed by atoms with E-state index < -0.39 is 0 Å². The minimum Gasteiger partial charge on any atom is -0.370 e. The van der Waals surface area contributed by atoms with Crippen molar-refractivity contribution in [1.29, 1.82) is 0 Å². The van der Waals surface area contributed by atoms with E-state index >= 15 is 0 Å². The second-order valence-corrected chi connectivity index (χ2v) is 6.51. The van der Waals surface area contributed by atoms with E-state index in [1.54, 1.807) is 16.2 Å². The molecule has 0 radical (unpaired) electrons. The first kappa shape index (κ1) is 17.3. The van der Waals surface area contributed by atoms with Crippen LogP contribution in [-0.2, 0) is 0 Å². The predicted octanol–water partition coefficient (Wildman–Crippen LogP) is 3.66. The number of urea groups is 1. The highest BCUT2D eigenvalue weighted by Crippen LogP contribution is 2.23. The lowest BCUT2D eigenvalue weighted by Gasteiger charge is -2.24. The number of pyridine rings is 1. The van der Waals surface area contributed by atoms with Crippen molar-refractivity contribution in [1.82, 2.24) is 15.2 Å². The van der Waals surface area contributed by atoms with Crippen LogP contribution in [0.1, 0.15) is 29.8 Å². The summed E-state index contributed by atoms with van der Waals surface area (Å²) in [7, 11) is 1.83. The summed E-state index contributed by atoms with van der Waals surface area (Å²) in [5.41, 5.74) is 1.14. The predicted molar refractivity (Wildman–Crippen MR) is 96.0 cm³/mol. The highest BCUT2D eigenvalue weighted by atomic mass is 32.1. The number of carbonyl (C=O) groups is 1. The van der Waals surface area contributed by atoms with Gasteiger partial charge in [-0.05, 0) is 43.3 Å². The number of amides is 2. The standard InChI is InChI=1S/C17H24N4OS/c1-13-7-8-16(20-12-13)18-9-5-10-19-17(22)21(3)14(2)15-6-4-11-23-15/h4,6-8,11-12,14H,5,9-10H2,1-3H3,(H,18,20)(H,19,22). The number of nitrogens with zero attached hydrogens (tertiary/aromatic N) is 2. The summed E-state index contributed by atoms with van der Waals surface area (Å²) in [6, 6.07) is 8.09. The number of hydrogen-bond acceptors (Lipinski definition) is 4. The van der Waals surface area contributed by atoms with Gasteiger partial charge in [-0.15, -0.1) is 11.3 Å². The first-order chi connectivity index (χ1) is 11.1. The van der Waals surface area contributed by atoms with Crippen molar-refractivity contribution in [3.63, 3.8) is 0 Å². The van der Waals surface area contributed by atoms with Crippen LogP contribution in [0.5, 0.6) is 0 Å². The van der Waals surface area contributed by atoms with Crippen LogP contribution in [0.2, 0.25) is 0 Å². The van der Waals surface area contributed by atoms with E-state index in [2.05, 4.69) is 21.7 Å². The lowest BCUT2D eigenvalue weighted by molar-refractivity contribution is 0.195. The van der Waals surface area contributed by atoms with Crippen molar-refractivity contribution in [2.24, 2.45) is 0 Å². The lowest BCUT2D eigenvalue weighted by atomic mass is 10.2. The molecule has 0 saturated carbocycles. The zero-order chi connectivity index (χ0) is 16.7. The summed E-state index contributed by atoms with van der Waals surface area (Å²) in [6.45, 7) is 5.47. The molecule has 2 aromatic rings. The number of anilines is 1. The Morgan fingerprint density at radius 3 is 2.83 bits per heavy atom. The molecule has 6 heteroatoms. The van der Waals surface area contributed by atoms with E-state index in [0.717, 1.165) is 24.3 Å². The lowest BCUT2D eigenvalue weighted by Crippen LogP contribution is -2.39. The van der Waals surface area contributed by atoms with Crippen LogP contribution in [0.4, 0.5) is 10.6 Å². The zero-order valence-electron chi connectivity index (χ0n) is 13.9. The Balaban J connectivity index is 1.65. The third-order valence-electron chi connectivity index (χ3n) is 3.70. The van der Waals surface area contributed by atoms with Gasteiger partial charge in [0.15, 0.2) is 0 Å². The average Bonchev–Trinajstić information content (AvgIpc) is 3.09. The van der Waals surface area contributed by atoms with Gasteiger partial charge >= 0.3 is 6.03 Å². The van der Waals surface area contributed by atoms with Crippen LogP contribution >= 0.6 is 11.3 Å². The van der Waals surface area contributed by atoms with Gasteiger partial charge in [-0.1, -0.05) is 12.1 Å². The van der Waals surface area contributed by atoms with Crippen molar-refractivity contribution in [2.45, 2.75) is 26.3 Å². The van der Waals surface area contributed by atoms with Crippen LogP contribution < -0.4 is 10.6 Å². The largest absolute Gasteiger partial charge is 0.370 e. The Labute approximate surface area is 141 Å². The molecule has 2 aromatic heterocycles.